The molecular weight excluding hydrogens is 252 g/mol. The SMILES string of the molecule is CC1C(c2cccc3ccccc23)[C]C2C=CC=CC21C. The van der Waals surface area contributed by atoms with Crippen molar-refractivity contribution >= 4 is 10.8 Å². The van der Waals surface area contributed by atoms with Crippen molar-refractivity contribution in [3.63, 3.8) is 0 Å². The molecular formula is C21H20. The van der Waals surface area contributed by atoms with Crippen LogP contribution >= 0.6 is 0 Å². The van der Waals surface area contributed by atoms with Crippen molar-refractivity contribution in [3.8, 4) is 0 Å². The lowest BCUT2D eigenvalue weighted by atomic mass is 9.71. The molecule has 104 valence electrons. The van der Waals surface area contributed by atoms with Crippen LogP contribution in [-0.4, -0.2) is 0 Å². The number of hydrogen-bond acceptors (Lipinski definition) is 0. The van der Waals surface area contributed by atoms with Gasteiger partial charge in [0.15, 0.2) is 0 Å². The van der Waals surface area contributed by atoms with Crippen molar-refractivity contribution in [2.45, 2.75) is 19.8 Å². The van der Waals surface area contributed by atoms with Crippen LogP contribution in [0.3, 0.4) is 0 Å². The highest BCUT2D eigenvalue weighted by Gasteiger charge is 2.48. The molecule has 1 fully saturated rings. The van der Waals surface area contributed by atoms with E-state index in [2.05, 4.69) is 87.0 Å². The lowest BCUT2D eigenvalue weighted by Crippen LogP contribution is -2.26. The third kappa shape index (κ3) is 1.82. The first-order valence-corrected chi connectivity index (χ1v) is 7.80. The van der Waals surface area contributed by atoms with E-state index in [0.29, 0.717) is 17.8 Å². The minimum atomic E-state index is 0.205. The molecule has 0 spiro atoms. The van der Waals surface area contributed by atoms with Gasteiger partial charge in [-0.2, -0.15) is 0 Å². The summed E-state index contributed by atoms with van der Waals surface area (Å²) < 4.78 is 0. The molecule has 2 aliphatic carbocycles. The van der Waals surface area contributed by atoms with Gasteiger partial charge in [-0.15, -0.1) is 0 Å². The summed E-state index contributed by atoms with van der Waals surface area (Å²) in [5.74, 6) is 1.40. The average Bonchev–Trinajstić information content (AvgIpc) is 2.79. The first-order chi connectivity index (χ1) is 10.2. The molecule has 0 heterocycles. The minimum absolute atomic E-state index is 0.205. The van der Waals surface area contributed by atoms with Gasteiger partial charge in [-0.1, -0.05) is 80.6 Å². The van der Waals surface area contributed by atoms with E-state index in [1.807, 2.05) is 0 Å². The molecule has 2 aromatic rings. The van der Waals surface area contributed by atoms with Crippen LogP contribution in [0.2, 0.25) is 0 Å². The molecule has 0 aromatic heterocycles. The summed E-state index contributed by atoms with van der Waals surface area (Å²) in [4.78, 5) is 0. The van der Waals surface area contributed by atoms with Crippen LogP contribution in [0.25, 0.3) is 10.8 Å². The summed E-state index contributed by atoms with van der Waals surface area (Å²) in [5.41, 5.74) is 1.63. The monoisotopic (exact) mass is 272 g/mol. The van der Waals surface area contributed by atoms with Gasteiger partial charge in [0.1, 0.15) is 0 Å². The molecule has 2 radical (unpaired) electrons. The van der Waals surface area contributed by atoms with Gasteiger partial charge in [0, 0.05) is 0 Å². The van der Waals surface area contributed by atoms with Crippen LogP contribution in [0.15, 0.2) is 66.8 Å². The maximum absolute atomic E-state index is 3.85. The number of fused-ring (bicyclic) bond motifs is 2. The van der Waals surface area contributed by atoms with E-state index >= 15 is 0 Å². The zero-order valence-corrected chi connectivity index (χ0v) is 12.6. The van der Waals surface area contributed by atoms with E-state index in [0.717, 1.165) is 0 Å². The molecule has 0 amide bonds. The summed E-state index contributed by atoms with van der Waals surface area (Å²) in [6, 6.07) is 15.4. The quantitative estimate of drug-likeness (QED) is 0.651. The Morgan fingerprint density at radius 3 is 2.67 bits per heavy atom. The lowest BCUT2D eigenvalue weighted by Gasteiger charge is -2.33. The Labute approximate surface area is 127 Å². The zero-order valence-electron chi connectivity index (χ0n) is 12.6. The second-order valence-corrected chi connectivity index (χ2v) is 6.59. The molecule has 0 heteroatoms. The molecule has 2 aliphatic rings. The molecule has 21 heavy (non-hydrogen) atoms. The second kappa shape index (κ2) is 4.59. The summed E-state index contributed by atoms with van der Waals surface area (Å²) in [6.07, 6.45) is 12.9. The second-order valence-electron chi connectivity index (χ2n) is 6.59. The lowest BCUT2D eigenvalue weighted by molar-refractivity contribution is 0.271. The number of benzene rings is 2. The van der Waals surface area contributed by atoms with Crippen LogP contribution < -0.4 is 0 Å². The van der Waals surface area contributed by atoms with Gasteiger partial charge in [0.05, 0.1) is 0 Å². The Kier molecular flexibility index (Phi) is 2.82. The van der Waals surface area contributed by atoms with E-state index in [1.165, 1.54) is 16.3 Å². The van der Waals surface area contributed by atoms with E-state index in [4.69, 9.17) is 0 Å². The van der Waals surface area contributed by atoms with Crippen LogP contribution in [0.1, 0.15) is 25.3 Å². The predicted molar refractivity (Wildman–Crippen MR) is 89.0 cm³/mol. The number of allylic oxidation sites excluding steroid dienone is 4. The van der Waals surface area contributed by atoms with Gasteiger partial charge < -0.3 is 0 Å². The Hall–Kier alpha value is -1.82. The third-order valence-electron chi connectivity index (χ3n) is 5.54. The van der Waals surface area contributed by atoms with E-state index in [1.54, 1.807) is 0 Å². The fraction of sp³-hybridized carbons (Fsp3) is 0.286. The zero-order chi connectivity index (χ0) is 14.4. The standard InChI is InChI=1S/C21H20/c1-15-20(14-17-10-5-6-13-21(15,17)2)19-12-7-9-16-8-3-4-11-18(16)19/h3-13,15,17,20H,1-2H3. The molecule has 1 saturated carbocycles. The van der Waals surface area contributed by atoms with Gasteiger partial charge in [-0.3, -0.25) is 0 Å². The van der Waals surface area contributed by atoms with Gasteiger partial charge >= 0.3 is 0 Å². The molecule has 2 aromatic carbocycles. The Bertz CT molecular complexity index is 731. The first-order valence-electron chi connectivity index (χ1n) is 7.80. The molecule has 4 unspecified atom stereocenters. The Morgan fingerprint density at radius 1 is 1.00 bits per heavy atom. The Morgan fingerprint density at radius 2 is 1.81 bits per heavy atom. The summed E-state index contributed by atoms with van der Waals surface area (Å²) in [5, 5.41) is 2.70. The molecule has 4 atom stereocenters. The minimum Gasteiger partial charge on any atom is -0.0799 e. The smallest absolute Gasteiger partial charge is 0.000577 e. The molecule has 0 N–H and O–H groups in total. The molecule has 0 aliphatic heterocycles. The van der Waals surface area contributed by atoms with Gasteiger partial charge in [-0.25, -0.2) is 0 Å². The average molecular weight is 272 g/mol. The largest absolute Gasteiger partial charge is 0.0799 e. The summed E-state index contributed by atoms with van der Waals surface area (Å²) in [6.45, 7) is 4.75. The summed E-state index contributed by atoms with van der Waals surface area (Å²) >= 11 is 0. The van der Waals surface area contributed by atoms with Crippen molar-refractivity contribution in [1.82, 2.24) is 0 Å². The van der Waals surface area contributed by atoms with E-state index < -0.39 is 0 Å². The van der Waals surface area contributed by atoms with Gasteiger partial charge in [0.25, 0.3) is 0 Å². The highest BCUT2D eigenvalue weighted by molar-refractivity contribution is 5.86. The maximum atomic E-state index is 3.85. The van der Waals surface area contributed by atoms with E-state index in [9.17, 15) is 0 Å². The van der Waals surface area contributed by atoms with Crippen molar-refractivity contribution in [2.24, 2.45) is 17.3 Å². The fourth-order valence-electron chi connectivity index (χ4n) is 4.00. The van der Waals surface area contributed by atoms with Crippen molar-refractivity contribution in [2.75, 3.05) is 0 Å². The predicted octanol–water partition coefficient (Wildman–Crippen LogP) is 5.40. The van der Waals surface area contributed by atoms with Crippen LogP contribution in [0.5, 0.6) is 0 Å². The van der Waals surface area contributed by atoms with Gasteiger partial charge in [-0.05, 0) is 45.9 Å². The fourth-order valence-corrected chi connectivity index (χ4v) is 4.00. The molecule has 0 nitrogen and oxygen atoms in total. The van der Waals surface area contributed by atoms with Crippen molar-refractivity contribution in [1.29, 1.82) is 0 Å². The van der Waals surface area contributed by atoms with Gasteiger partial charge in [0.2, 0.25) is 0 Å². The first kappa shape index (κ1) is 12.9. The Balaban J connectivity index is 1.83. The van der Waals surface area contributed by atoms with Crippen LogP contribution in [0.4, 0.5) is 0 Å². The highest BCUT2D eigenvalue weighted by Crippen LogP contribution is 2.57. The van der Waals surface area contributed by atoms with Crippen molar-refractivity contribution < 1.29 is 0 Å². The summed E-state index contributed by atoms with van der Waals surface area (Å²) in [7, 11) is 0. The molecule has 0 bridgehead atoms. The molecule has 4 rings (SSSR count). The molecule has 0 saturated heterocycles. The third-order valence-corrected chi connectivity index (χ3v) is 5.54. The number of rotatable bonds is 1. The van der Waals surface area contributed by atoms with Crippen molar-refractivity contribution in [3.05, 3.63) is 78.8 Å². The van der Waals surface area contributed by atoms with Crippen LogP contribution in [-0.2, 0) is 0 Å². The topological polar surface area (TPSA) is 0 Å². The van der Waals surface area contributed by atoms with E-state index in [-0.39, 0.29) is 5.41 Å². The number of hydrogen-bond donors (Lipinski definition) is 0. The normalized spacial score (nSPS) is 34.3. The highest BCUT2D eigenvalue weighted by atomic mass is 14.5. The van der Waals surface area contributed by atoms with Crippen LogP contribution in [0, 0.1) is 23.7 Å². The maximum Gasteiger partial charge on any atom is -0.000577 e.